The smallest absolute Gasteiger partial charge is 0.103 e. The molecule has 0 aliphatic rings. The fraction of sp³-hybridized carbons (Fsp3) is 0.308. The number of hydrogen-bond acceptors (Lipinski definition) is 3. The lowest BCUT2D eigenvalue weighted by atomic mass is 10.2. The first kappa shape index (κ1) is 12.9. The van der Waals surface area contributed by atoms with Gasteiger partial charge in [0.1, 0.15) is 5.01 Å². The van der Waals surface area contributed by atoms with Crippen LogP contribution in [0.5, 0.6) is 0 Å². The second-order valence-corrected chi connectivity index (χ2v) is 6.49. The molecule has 0 N–H and O–H groups in total. The van der Waals surface area contributed by atoms with Crippen LogP contribution in [-0.4, -0.2) is 4.98 Å². The molecule has 1 heterocycles. The monoisotopic (exact) mass is 283 g/mol. The molecule has 2 rings (SSSR count). The summed E-state index contributed by atoms with van der Waals surface area (Å²) in [7, 11) is 0. The van der Waals surface area contributed by atoms with Crippen LogP contribution in [0.1, 0.15) is 30.5 Å². The predicted molar refractivity (Wildman–Crippen MR) is 77.2 cm³/mol. The van der Waals surface area contributed by atoms with Gasteiger partial charge in [-0.2, -0.15) is 0 Å². The average Bonchev–Trinajstić information content (AvgIpc) is 2.77. The molecular weight excluding hydrogens is 270 g/mol. The Morgan fingerprint density at radius 1 is 1.29 bits per heavy atom. The maximum Gasteiger partial charge on any atom is 0.103 e. The van der Waals surface area contributed by atoms with Gasteiger partial charge in [0.25, 0.3) is 0 Å². The van der Waals surface area contributed by atoms with Crippen molar-refractivity contribution < 1.29 is 0 Å². The Labute approximate surface area is 115 Å². The van der Waals surface area contributed by atoms with Crippen molar-refractivity contribution in [2.45, 2.75) is 30.4 Å². The van der Waals surface area contributed by atoms with E-state index in [0.29, 0.717) is 5.92 Å². The van der Waals surface area contributed by atoms with Gasteiger partial charge in [-0.15, -0.1) is 23.1 Å². The second kappa shape index (κ2) is 5.89. The first-order valence-corrected chi connectivity index (χ1v) is 7.72. The summed E-state index contributed by atoms with van der Waals surface area (Å²) in [6, 6.07) is 7.94. The molecule has 1 aromatic carbocycles. The normalized spacial score (nSPS) is 11.1. The number of rotatable bonds is 4. The van der Waals surface area contributed by atoms with Crippen molar-refractivity contribution in [1.29, 1.82) is 0 Å². The highest BCUT2D eigenvalue weighted by Gasteiger charge is 2.05. The summed E-state index contributed by atoms with van der Waals surface area (Å²) in [6.45, 7) is 4.34. The third-order valence-electron chi connectivity index (χ3n) is 2.34. The highest BCUT2D eigenvalue weighted by Crippen LogP contribution is 2.27. The van der Waals surface area contributed by atoms with Gasteiger partial charge in [-0.25, -0.2) is 4.98 Å². The molecule has 0 radical (unpaired) electrons. The number of aromatic nitrogens is 1. The summed E-state index contributed by atoms with van der Waals surface area (Å²) in [5.74, 6) is 1.44. The van der Waals surface area contributed by atoms with Gasteiger partial charge in [-0.1, -0.05) is 25.4 Å². The van der Waals surface area contributed by atoms with E-state index in [9.17, 15) is 0 Å². The SMILES string of the molecule is CC(C)c1csc(CSc2ccc(Cl)cc2)n1. The summed E-state index contributed by atoms with van der Waals surface area (Å²) < 4.78 is 0. The summed E-state index contributed by atoms with van der Waals surface area (Å²) >= 11 is 9.39. The van der Waals surface area contributed by atoms with E-state index in [4.69, 9.17) is 11.6 Å². The Morgan fingerprint density at radius 2 is 2.00 bits per heavy atom. The molecule has 17 heavy (non-hydrogen) atoms. The van der Waals surface area contributed by atoms with Gasteiger partial charge in [0.05, 0.1) is 11.4 Å². The molecule has 1 nitrogen and oxygen atoms in total. The van der Waals surface area contributed by atoms with Crippen molar-refractivity contribution in [3.63, 3.8) is 0 Å². The minimum absolute atomic E-state index is 0.514. The number of benzene rings is 1. The third-order valence-corrected chi connectivity index (χ3v) is 4.66. The van der Waals surface area contributed by atoms with Gasteiger partial charge >= 0.3 is 0 Å². The summed E-state index contributed by atoms with van der Waals surface area (Å²) in [5.41, 5.74) is 1.20. The number of thioether (sulfide) groups is 1. The maximum absolute atomic E-state index is 5.85. The number of halogens is 1. The third kappa shape index (κ3) is 3.73. The molecule has 90 valence electrons. The van der Waals surface area contributed by atoms with Crippen LogP contribution in [0.4, 0.5) is 0 Å². The Kier molecular flexibility index (Phi) is 4.48. The van der Waals surface area contributed by atoms with E-state index in [1.165, 1.54) is 15.6 Å². The Morgan fingerprint density at radius 3 is 2.59 bits per heavy atom. The van der Waals surface area contributed by atoms with Crippen LogP contribution in [0.3, 0.4) is 0 Å². The van der Waals surface area contributed by atoms with E-state index in [-0.39, 0.29) is 0 Å². The zero-order chi connectivity index (χ0) is 12.3. The molecule has 0 aliphatic carbocycles. The molecule has 0 atom stereocenters. The zero-order valence-electron chi connectivity index (χ0n) is 9.81. The first-order valence-electron chi connectivity index (χ1n) is 5.48. The van der Waals surface area contributed by atoms with Gasteiger partial charge in [-0.05, 0) is 30.2 Å². The second-order valence-electron chi connectivity index (χ2n) is 4.06. The lowest BCUT2D eigenvalue weighted by molar-refractivity contribution is 0.828. The Bertz CT molecular complexity index is 476. The minimum Gasteiger partial charge on any atom is -0.245 e. The summed E-state index contributed by atoms with van der Waals surface area (Å²) in [5, 5.41) is 4.13. The molecule has 0 spiro atoms. The molecule has 0 saturated carbocycles. The van der Waals surface area contributed by atoms with Crippen LogP contribution in [0.15, 0.2) is 34.5 Å². The molecule has 0 amide bonds. The maximum atomic E-state index is 5.85. The predicted octanol–water partition coefficient (Wildman–Crippen LogP) is 5.21. The zero-order valence-corrected chi connectivity index (χ0v) is 12.2. The first-order chi connectivity index (χ1) is 8.15. The molecule has 1 aromatic heterocycles. The van der Waals surface area contributed by atoms with Crippen LogP contribution in [-0.2, 0) is 5.75 Å². The molecular formula is C13H14ClNS2. The van der Waals surface area contributed by atoms with Gasteiger partial charge in [0.15, 0.2) is 0 Å². The van der Waals surface area contributed by atoms with Crippen molar-refractivity contribution in [3.8, 4) is 0 Å². The topological polar surface area (TPSA) is 12.9 Å². The Balaban J connectivity index is 1.95. The molecule has 2 aromatic rings. The van der Waals surface area contributed by atoms with Crippen LogP contribution in [0.25, 0.3) is 0 Å². The Hall–Kier alpha value is -0.510. The van der Waals surface area contributed by atoms with Gasteiger partial charge < -0.3 is 0 Å². The van der Waals surface area contributed by atoms with E-state index >= 15 is 0 Å². The van der Waals surface area contributed by atoms with Gasteiger partial charge in [0.2, 0.25) is 0 Å². The van der Waals surface area contributed by atoms with E-state index in [2.05, 4.69) is 24.2 Å². The van der Waals surface area contributed by atoms with E-state index < -0.39 is 0 Å². The average molecular weight is 284 g/mol. The number of nitrogens with zero attached hydrogens (tertiary/aromatic N) is 1. The molecule has 0 aliphatic heterocycles. The fourth-order valence-corrected chi connectivity index (χ4v) is 3.33. The lowest BCUT2D eigenvalue weighted by Gasteiger charge is -2.00. The molecule has 0 fully saturated rings. The van der Waals surface area contributed by atoms with Gasteiger partial charge in [-0.3, -0.25) is 0 Å². The van der Waals surface area contributed by atoms with E-state index in [0.717, 1.165) is 10.8 Å². The highest BCUT2D eigenvalue weighted by molar-refractivity contribution is 7.98. The van der Waals surface area contributed by atoms with E-state index in [1.807, 2.05) is 24.3 Å². The highest BCUT2D eigenvalue weighted by atomic mass is 35.5. The lowest BCUT2D eigenvalue weighted by Crippen LogP contribution is -1.87. The van der Waals surface area contributed by atoms with Crippen LogP contribution >= 0.6 is 34.7 Å². The van der Waals surface area contributed by atoms with Crippen molar-refractivity contribution >= 4 is 34.7 Å². The number of thiazole rings is 1. The summed E-state index contributed by atoms with van der Waals surface area (Å²) in [6.07, 6.45) is 0. The van der Waals surface area contributed by atoms with Crippen molar-refractivity contribution in [3.05, 3.63) is 45.4 Å². The largest absolute Gasteiger partial charge is 0.245 e. The van der Waals surface area contributed by atoms with Crippen LogP contribution < -0.4 is 0 Å². The van der Waals surface area contributed by atoms with Crippen molar-refractivity contribution in [2.75, 3.05) is 0 Å². The molecule has 0 saturated heterocycles. The standard InChI is InChI=1S/C13H14ClNS2/c1-9(2)12-7-17-13(15-12)8-16-11-5-3-10(14)4-6-11/h3-7,9H,8H2,1-2H3. The minimum atomic E-state index is 0.514. The van der Waals surface area contributed by atoms with Gasteiger partial charge in [0, 0.05) is 15.3 Å². The summed E-state index contributed by atoms with van der Waals surface area (Å²) in [4.78, 5) is 5.85. The van der Waals surface area contributed by atoms with E-state index in [1.54, 1.807) is 23.1 Å². The van der Waals surface area contributed by atoms with Crippen LogP contribution in [0.2, 0.25) is 5.02 Å². The van der Waals surface area contributed by atoms with Crippen LogP contribution in [0, 0.1) is 0 Å². The quantitative estimate of drug-likeness (QED) is 0.714. The fourth-order valence-electron chi connectivity index (χ4n) is 1.33. The molecule has 0 unspecified atom stereocenters. The van der Waals surface area contributed by atoms with Crippen molar-refractivity contribution in [1.82, 2.24) is 4.98 Å². The number of hydrogen-bond donors (Lipinski definition) is 0. The molecule has 4 heteroatoms. The van der Waals surface area contributed by atoms with Crippen molar-refractivity contribution in [2.24, 2.45) is 0 Å². The molecule has 0 bridgehead atoms.